The summed E-state index contributed by atoms with van der Waals surface area (Å²) in [5.74, 6) is -0.971. The van der Waals surface area contributed by atoms with Crippen LogP contribution in [0.3, 0.4) is 0 Å². The predicted octanol–water partition coefficient (Wildman–Crippen LogP) is 3.77. The van der Waals surface area contributed by atoms with Gasteiger partial charge in [0.1, 0.15) is 17.8 Å². The molecule has 1 aliphatic carbocycles. The summed E-state index contributed by atoms with van der Waals surface area (Å²) in [6.45, 7) is 1.79. The average Bonchev–Trinajstić information content (AvgIpc) is 3.42. The molecule has 0 spiro atoms. The summed E-state index contributed by atoms with van der Waals surface area (Å²) in [5, 5.41) is 12.8. The Kier molecular flexibility index (Phi) is 11.6. The highest BCUT2D eigenvalue weighted by atomic mass is 16.5. The Balaban J connectivity index is 1.35. The van der Waals surface area contributed by atoms with Crippen LogP contribution in [0.2, 0.25) is 0 Å². The monoisotopic (exact) mass is 566 g/mol. The van der Waals surface area contributed by atoms with E-state index in [1.54, 1.807) is 24.3 Å². The molecule has 0 unspecified atom stereocenters. The van der Waals surface area contributed by atoms with E-state index < -0.39 is 18.1 Å². The first-order chi connectivity index (χ1) is 19.9. The molecule has 9 heteroatoms. The summed E-state index contributed by atoms with van der Waals surface area (Å²) < 4.78 is 16.8. The Bertz CT molecular complexity index is 1140. The smallest absolute Gasteiger partial charge is 0.328 e. The number of amides is 2. The van der Waals surface area contributed by atoms with Crippen molar-refractivity contribution in [3.8, 4) is 5.75 Å². The van der Waals surface area contributed by atoms with Gasteiger partial charge in [-0.15, -0.1) is 0 Å². The molecule has 1 saturated carbocycles. The Morgan fingerprint density at radius 3 is 2.49 bits per heavy atom. The second-order valence-corrected chi connectivity index (χ2v) is 10.9. The molecular formula is C32H42N2O7. The fraction of sp³-hybridized carbons (Fsp3) is 0.531. The summed E-state index contributed by atoms with van der Waals surface area (Å²) in [7, 11) is 1.32. The van der Waals surface area contributed by atoms with Crippen molar-refractivity contribution in [1.29, 1.82) is 0 Å². The highest BCUT2D eigenvalue weighted by molar-refractivity contribution is 5.92. The largest absolute Gasteiger partial charge is 0.508 e. The summed E-state index contributed by atoms with van der Waals surface area (Å²) in [6, 6.07) is 15.0. The topological polar surface area (TPSA) is 114 Å². The van der Waals surface area contributed by atoms with Gasteiger partial charge >= 0.3 is 5.97 Å². The number of ether oxygens (including phenoxy) is 3. The highest BCUT2D eigenvalue weighted by Crippen LogP contribution is 2.30. The summed E-state index contributed by atoms with van der Waals surface area (Å²) >= 11 is 0. The minimum Gasteiger partial charge on any atom is -0.508 e. The molecule has 41 heavy (non-hydrogen) atoms. The second kappa shape index (κ2) is 15.5. The van der Waals surface area contributed by atoms with Gasteiger partial charge in [-0.2, -0.15) is 0 Å². The van der Waals surface area contributed by atoms with Crippen LogP contribution in [-0.2, 0) is 41.6 Å². The average molecular weight is 567 g/mol. The van der Waals surface area contributed by atoms with E-state index >= 15 is 0 Å². The van der Waals surface area contributed by atoms with Crippen molar-refractivity contribution in [2.24, 2.45) is 5.92 Å². The van der Waals surface area contributed by atoms with Gasteiger partial charge in [0.25, 0.3) is 0 Å². The number of rotatable bonds is 13. The molecule has 4 rings (SSSR count). The number of carbonyl (C=O) groups is 3. The number of phenols is 1. The number of hydrogen-bond acceptors (Lipinski definition) is 7. The number of aromatic hydroxyl groups is 1. The van der Waals surface area contributed by atoms with Crippen LogP contribution in [0.1, 0.15) is 56.1 Å². The zero-order chi connectivity index (χ0) is 29.0. The molecule has 1 heterocycles. The standard InChI is InChI=1S/C32H42N2O7/c1-39-32(38)28-20-27(41-17-9-16-40-22-23-10-4-2-5-11-23)21-34(28)31(37)30(25-13-6-3-7-14-25)33-29(36)19-24-12-8-15-26(35)18-24/h2,4-5,8,10-12,15,18,25,27-28,30,35H,3,6-7,9,13-14,16-17,19-22H2,1H3,(H,33,36)/t27-,28+,30+/m1/s1. The maximum Gasteiger partial charge on any atom is 0.328 e. The van der Waals surface area contributed by atoms with Gasteiger partial charge in [-0.25, -0.2) is 4.79 Å². The molecule has 222 valence electrons. The lowest BCUT2D eigenvalue weighted by molar-refractivity contribution is -0.152. The lowest BCUT2D eigenvalue weighted by Crippen LogP contribution is -2.55. The molecule has 2 aromatic carbocycles. The molecular weight excluding hydrogens is 524 g/mol. The Labute approximate surface area is 242 Å². The highest BCUT2D eigenvalue weighted by Gasteiger charge is 2.44. The molecule has 1 saturated heterocycles. The minimum absolute atomic E-state index is 0.00981. The van der Waals surface area contributed by atoms with Gasteiger partial charge in [0.05, 0.1) is 26.2 Å². The second-order valence-electron chi connectivity index (χ2n) is 10.9. The molecule has 0 aromatic heterocycles. The normalized spacial score (nSPS) is 20.0. The van der Waals surface area contributed by atoms with Crippen LogP contribution < -0.4 is 5.32 Å². The van der Waals surface area contributed by atoms with E-state index in [9.17, 15) is 19.5 Å². The zero-order valence-corrected chi connectivity index (χ0v) is 23.8. The number of methoxy groups -OCH3 is 1. The first kappa shape index (κ1) is 30.5. The molecule has 1 aliphatic heterocycles. The Hall–Kier alpha value is -3.43. The fourth-order valence-electron chi connectivity index (χ4n) is 5.80. The van der Waals surface area contributed by atoms with Crippen LogP contribution in [-0.4, -0.2) is 72.8 Å². The molecule has 2 fully saturated rings. The lowest BCUT2D eigenvalue weighted by Gasteiger charge is -2.34. The van der Waals surface area contributed by atoms with Crippen molar-refractivity contribution in [1.82, 2.24) is 10.2 Å². The van der Waals surface area contributed by atoms with Crippen molar-refractivity contribution in [2.75, 3.05) is 26.9 Å². The third kappa shape index (κ3) is 9.03. The van der Waals surface area contributed by atoms with Crippen molar-refractivity contribution >= 4 is 17.8 Å². The fourth-order valence-corrected chi connectivity index (χ4v) is 5.80. The molecule has 0 radical (unpaired) electrons. The van der Waals surface area contributed by atoms with E-state index in [1.165, 1.54) is 12.0 Å². The number of benzene rings is 2. The van der Waals surface area contributed by atoms with E-state index in [2.05, 4.69) is 5.32 Å². The van der Waals surface area contributed by atoms with E-state index in [4.69, 9.17) is 14.2 Å². The van der Waals surface area contributed by atoms with Gasteiger partial charge in [0.15, 0.2) is 0 Å². The number of carbonyl (C=O) groups excluding carboxylic acids is 3. The van der Waals surface area contributed by atoms with Gasteiger partial charge in [0.2, 0.25) is 11.8 Å². The van der Waals surface area contributed by atoms with E-state index in [-0.39, 0.29) is 42.6 Å². The number of phenolic OH excluding ortho intramolecular Hbond substituents is 1. The maximum atomic E-state index is 14.0. The molecule has 2 amide bonds. The number of hydrogen-bond donors (Lipinski definition) is 2. The van der Waals surface area contributed by atoms with Crippen LogP contribution >= 0.6 is 0 Å². The van der Waals surface area contributed by atoms with E-state index in [1.807, 2.05) is 30.3 Å². The summed E-state index contributed by atoms with van der Waals surface area (Å²) in [4.78, 5) is 41.3. The van der Waals surface area contributed by atoms with Crippen LogP contribution in [0.25, 0.3) is 0 Å². The molecule has 2 aromatic rings. The lowest BCUT2D eigenvalue weighted by atomic mass is 9.83. The molecule has 2 N–H and O–H groups in total. The summed E-state index contributed by atoms with van der Waals surface area (Å²) in [5.41, 5.74) is 1.77. The van der Waals surface area contributed by atoms with Crippen molar-refractivity contribution < 1.29 is 33.7 Å². The van der Waals surface area contributed by atoms with Gasteiger partial charge in [0, 0.05) is 26.2 Å². The first-order valence-electron chi connectivity index (χ1n) is 14.6. The molecule has 9 nitrogen and oxygen atoms in total. The van der Waals surface area contributed by atoms with Crippen LogP contribution in [0.5, 0.6) is 5.75 Å². The zero-order valence-electron chi connectivity index (χ0n) is 23.8. The Morgan fingerprint density at radius 2 is 1.76 bits per heavy atom. The SMILES string of the molecule is COC(=O)[C@@H]1C[C@@H](OCCCOCc2ccccc2)CN1C(=O)[C@@H](NC(=O)Cc1cccc(O)c1)C1CCCCC1. The van der Waals surface area contributed by atoms with Gasteiger partial charge < -0.3 is 29.5 Å². The first-order valence-corrected chi connectivity index (χ1v) is 14.6. The quantitative estimate of drug-likeness (QED) is 0.280. The van der Waals surface area contributed by atoms with Crippen LogP contribution in [0.4, 0.5) is 0 Å². The van der Waals surface area contributed by atoms with E-state index in [0.717, 1.165) is 37.7 Å². The molecule has 0 bridgehead atoms. The number of nitrogens with zero attached hydrogens (tertiary/aromatic N) is 1. The van der Waals surface area contributed by atoms with Crippen LogP contribution in [0.15, 0.2) is 54.6 Å². The van der Waals surface area contributed by atoms with Crippen molar-refractivity contribution in [3.05, 3.63) is 65.7 Å². The number of esters is 1. The van der Waals surface area contributed by atoms with Crippen LogP contribution in [0, 0.1) is 5.92 Å². The number of likely N-dealkylation sites (tertiary alicyclic amines) is 1. The van der Waals surface area contributed by atoms with Gasteiger partial charge in [-0.3, -0.25) is 9.59 Å². The van der Waals surface area contributed by atoms with Crippen molar-refractivity contribution in [3.63, 3.8) is 0 Å². The third-order valence-electron chi connectivity index (χ3n) is 7.90. The summed E-state index contributed by atoms with van der Waals surface area (Å²) in [6.07, 6.45) is 5.54. The predicted molar refractivity (Wildman–Crippen MR) is 153 cm³/mol. The Morgan fingerprint density at radius 1 is 1.00 bits per heavy atom. The maximum absolute atomic E-state index is 14.0. The van der Waals surface area contributed by atoms with Crippen molar-refractivity contribution in [2.45, 2.75) is 76.2 Å². The molecule has 3 atom stereocenters. The third-order valence-corrected chi connectivity index (χ3v) is 7.90. The minimum atomic E-state index is -0.763. The number of nitrogens with one attached hydrogen (secondary N) is 1. The van der Waals surface area contributed by atoms with E-state index in [0.29, 0.717) is 38.2 Å². The molecule has 2 aliphatic rings. The van der Waals surface area contributed by atoms with Gasteiger partial charge in [-0.05, 0) is 48.4 Å². The van der Waals surface area contributed by atoms with Gasteiger partial charge in [-0.1, -0.05) is 61.7 Å².